The minimum Gasteiger partial charge on any atom is -0.381 e. The van der Waals surface area contributed by atoms with Gasteiger partial charge in [-0.25, -0.2) is 0 Å². The average molecular weight is 434 g/mol. The molecule has 0 radical (unpaired) electrons. The van der Waals surface area contributed by atoms with Gasteiger partial charge in [-0.2, -0.15) is 0 Å². The summed E-state index contributed by atoms with van der Waals surface area (Å²) >= 11 is 0. The zero-order valence-corrected chi connectivity index (χ0v) is 19.5. The van der Waals surface area contributed by atoms with E-state index in [0.29, 0.717) is 23.8 Å². The molecular formula is C24H43N5O2. The second kappa shape index (κ2) is 8.49. The molecule has 7 nitrogen and oxygen atoms in total. The lowest BCUT2D eigenvalue weighted by Gasteiger charge is -2.72. The standard InChI is InChI=1S/C24H43N5O2/c1-27-16-21(17-27)23(20-14-26-15-20)24(19-6-12-30-18-19,28-9-2-3-10-28)29(11-13-31-23)22-4-7-25-8-5-22/h19-22,25-26H,2-18H2,1H3. The van der Waals surface area contributed by atoms with Gasteiger partial charge in [0.15, 0.2) is 0 Å². The molecule has 0 aromatic carbocycles. The van der Waals surface area contributed by atoms with Crippen LogP contribution in [0.5, 0.6) is 0 Å². The highest BCUT2D eigenvalue weighted by Gasteiger charge is 2.72. The Morgan fingerprint density at radius 1 is 0.839 bits per heavy atom. The number of ether oxygens (including phenoxy) is 2. The van der Waals surface area contributed by atoms with E-state index in [2.05, 4.69) is 32.4 Å². The summed E-state index contributed by atoms with van der Waals surface area (Å²) in [7, 11) is 2.28. The van der Waals surface area contributed by atoms with Crippen LogP contribution in [0, 0.1) is 17.8 Å². The van der Waals surface area contributed by atoms with Crippen LogP contribution in [0.15, 0.2) is 0 Å². The summed E-state index contributed by atoms with van der Waals surface area (Å²) < 4.78 is 13.4. The number of hydrogen-bond acceptors (Lipinski definition) is 7. The fraction of sp³-hybridized carbons (Fsp3) is 1.00. The molecule has 2 N–H and O–H groups in total. The average Bonchev–Trinajstić information content (AvgIpc) is 3.45. The summed E-state index contributed by atoms with van der Waals surface area (Å²) in [6.07, 6.45) is 6.39. The van der Waals surface area contributed by atoms with Gasteiger partial charge in [-0.15, -0.1) is 0 Å². The molecule has 6 aliphatic rings. The molecule has 31 heavy (non-hydrogen) atoms. The van der Waals surface area contributed by atoms with Crippen LogP contribution in [0.3, 0.4) is 0 Å². The largest absolute Gasteiger partial charge is 0.381 e. The first kappa shape index (κ1) is 21.3. The number of nitrogens with zero attached hydrogens (tertiary/aromatic N) is 3. The van der Waals surface area contributed by atoms with Gasteiger partial charge in [-0.05, 0) is 52.2 Å². The van der Waals surface area contributed by atoms with E-state index in [1.807, 2.05) is 0 Å². The van der Waals surface area contributed by atoms with E-state index in [9.17, 15) is 0 Å². The Morgan fingerprint density at radius 2 is 1.61 bits per heavy atom. The third-order valence-corrected chi connectivity index (χ3v) is 9.58. The van der Waals surface area contributed by atoms with E-state index in [0.717, 1.165) is 52.5 Å². The molecule has 0 bridgehead atoms. The monoisotopic (exact) mass is 433 g/mol. The quantitative estimate of drug-likeness (QED) is 0.652. The highest BCUT2D eigenvalue weighted by Crippen LogP contribution is 2.57. The first-order valence-electron chi connectivity index (χ1n) is 13.1. The van der Waals surface area contributed by atoms with Crippen molar-refractivity contribution in [2.24, 2.45) is 17.8 Å². The zero-order chi connectivity index (χ0) is 20.9. The van der Waals surface area contributed by atoms with Gasteiger partial charge in [0.05, 0.1) is 13.2 Å². The highest BCUT2D eigenvalue weighted by atomic mass is 16.5. The van der Waals surface area contributed by atoms with Crippen molar-refractivity contribution in [2.75, 3.05) is 85.8 Å². The van der Waals surface area contributed by atoms with Crippen LogP contribution in [0.2, 0.25) is 0 Å². The molecule has 6 heterocycles. The first-order chi connectivity index (χ1) is 15.3. The predicted molar refractivity (Wildman–Crippen MR) is 121 cm³/mol. The molecule has 0 aliphatic carbocycles. The van der Waals surface area contributed by atoms with E-state index in [1.165, 1.54) is 58.3 Å². The van der Waals surface area contributed by atoms with E-state index in [-0.39, 0.29) is 11.3 Å². The van der Waals surface area contributed by atoms with Crippen molar-refractivity contribution >= 4 is 0 Å². The number of morpholine rings is 1. The normalized spacial score (nSPS) is 42.7. The maximum absolute atomic E-state index is 7.26. The molecule has 0 amide bonds. The zero-order valence-electron chi connectivity index (χ0n) is 19.5. The lowest BCUT2D eigenvalue weighted by Crippen LogP contribution is -2.88. The van der Waals surface area contributed by atoms with Gasteiger partial charge in [0.2, 0.25) is 0 Å². The van der Waals surface area contributed by atoms with Crippen molar-refractivity contribution in [3.8, 4) is 0 Å². The van der Waals surface area contributed by atoms with E-state index in [1.54, 1.807) is 0 Å². The van der Waals surface area contributed by atoms with Crippen LogP contribution >= 0.6 is 0 Å². The second-order valence-corrected chi connectivity index (χ2v) is 11.1. The molecule has 6 fully saturated rings. The van der Waals surface area contributed by atoms with Gasteiger partial charge in [-0.3, -0.25) is 9.80 Å². The fourth-order valence-electron chi connectivity index (χ4n) is 8.28. The van der Waals surface area contributed by atoms with Crippen molar-refractivity contribution in [3.05, 3.63) is 0 Å². The summed E-state index contributed by atoms with van der Waals surface area (Å²) in [5.74, 6) is 1.78. The summed E-state index contributed by atoms with van der Waals surface area (Å²) in [5.41, 5.74) is -0.102. The van der Waals surface area contributed by atoms with Crippen molar-refractivity contribution in [3.63, 3.8) is 0 Å². The van der Waals surface area contributed by atoms with E-state index >= 15 is 0 Å². The van der Waals surface area contributed by atoms with Crippen molar-refractivity contribution in [1.82, 2.24) is 25.3 Å². The van der Waals surface area contributed by atoms with Gasteiger partial charge >= 0.3 is 0 Å². The fourth-order valence-corrected chi connectivity index (χ4v) is 8.28. The molecule has 0 aromatic heterocycles. The van der Waals surface area contributed by atoms with Crippen LogP contribution in [0.4, 0.5) is 0 Å². The van der Waals surface area contributed by atoms with Gasteiger partial charge in [0.1, 0.15) is 11.3 Å². The lowest BCUT2D eigenvalue weighted by molar-refractivity contribution is -0.334. The maximum Gasteiger partial charge on any atom is 0.111 e. The minimum absolute atomic E-state index is 0.0149. The summed E-state index contributed by atoms with van der Waals surface area (Å²) in [4.78, 5) is 8.47. The molecule has 7 heteroatoms. The van der Waals surface area contributed by atoms with E-state index < -0.39 is 0 Å². The van der Waals surface area contributed by atoms with Crippen LogP contribution in [0.25, 0.3) is 0 Å². The molecule has 6 rings (SSSR count). The molecule has 0 spiro atoms. The third-order valence-electron chi connectivity index (χ3n) is 9.58. The van der Waals surface area contributed by atoms with Gasteiger partial charge in [0, 0.05) is 76.2 Å². The van der Waals surface area contributed by atoms with Crippen LogP contribution in [0.1, 0.15) is 32.1 Å². The van der Waals surface area contributed by atoms with Crippen molar-refractivity contribution in [2.45, 2.75) is 49.4 Å². The number of likely N-dealkylation sites (tertiary alicyclic amines) is 2. The minimum atomic E-state index is -0.0867. The Hall–Kier alpha value is -0.280. The van der Waals surface area contributed by atoms with Crippen LogP contribution < -0.4 is 10.6 Å². The Balaban J connectivity index is 1.51. The predicted octanol–water partition coefficient (Wildman–Crippen LogP) is 0.419. The highest BCUT2D eigenvalue weighted by molar-refractivity contribution is 5.23. The lowest BCUT2D eigenvalue weighted by atomic mass is 9.57. The SMILES string of the molecule is CN1CC(C2(C3CNC3)OCCN(C3CCNCC3)C2(C2CCOC2)N2CCCC2)C1. The number of hydrogen-bond donors (Lipinski definition) is 2. The Labute approximate surface area is 188 Å². The Bertz CT molecular complexity index is 605. The third kappa shape index (κ3) is 3.11. The summed E-state index contributed by atoms with van der Waals surface area (Å²) in [6, 6.07) is 0.663. The maximum atomic E-state index is 7.26. The van der Waals surface area contributed by atoms with Crippen molar-refractivity contribution in [1.29, 1.82) is 0 Å². The van der Waals surface area contributed by atoms with Crippen molar-refractivity contribution < 1.29 is 9.47 Å². The van der Waals surface area contributed by atoms with Crippen LogP contribution in [-0.2, 0) is 9.47 Å². The molecule has 176 valence electrons. The van der Waals surface area contributed by atoms with Gasteiger partial charge in [-0.1, -0.05) is 0 Å². The number of nitrogens with one attached hydrogen (secondary N) is 2. The number of piperidine rings is 1. The topological polar surface area (TPSA) is 52.2 Å². The first-order valence-corrected chi connectivity index (χ1v) is 13.1. The van der Waals surface area contributed by atoms with Gasteiger partial charge < -0.3 is 25.0 Å². The molecule has 3 unspecified atom stereocenters. The molecular weight excluding hydrogens is 390 g/mol. The Morgan fingerprint density at radius 3 is 2.23 bits per heavy atom. The molecule has 6 aliphatic heterocycles. The summed E-state index contributed by atoms with van der Waals surface area (Å²) in [6.45, 7) is 13.2. The molecule has 6 saturated heterocycles. The Kier molecular flexibility index (Phi) is 5.83. The number of rotatable bonds is 5. The summed E-state index contributed by atoms with van der Waals surface area (Å²) in [5, 5.41) is 7.26. The van der Waals surface area contributed by atoms with E-state index in [4.69, 9.17) is 9.47 Å². The molecule has 3 atom stereocenters. The molecule has 0 aromatic rings. The van der Waals surface area contributed by atoms with Gasteiger partial charge in [0.25, 0.3) is 0 Å². The van der Waals surface area contributed by atoms with Crippen LogP contribution in [-0.4, -0.2) is 118 Å². The second-order valence-electron chi connectivity index (χ2n) is 11.1. The smallest absolute Gasteiger partial charge is 0.111 e. The molecule has 0 saturated carbocycles.